The predicted molar refractivity (Wildman–Crippen MR) is 91.4 cm³/mol. The predicted octanol–water partition coefficient (Wildman–Crippen LogP) is 2.92. The lowest BCUT2D eigenvalue weighted by Crippen LogP contribution is -2.27. The maximum atomic E-state index is 13.0. The molecule has 0 radical (unpaired) electrons. The molecule has 0 fully saturated rings. The topological polar surface area (TPSA) is 94.3 Å². The highest BCUT2D eigenvalue weighted by atomic mass is 32.2. The minimum Gasteiger partial charge on any atom is -0.497 e. The molecular formula is C17H16FN3O4S. The number of methoxy groups -OCH3 is 1. The molecule has 0 unspecified atom stereocenters. The van der Waals surface area contributed by atoms with Gasteiger partial charge in [-0.3, -0.25) is 0 Å². The van der Waals surface area contributed by atoms with Crippen LogP contribution in [0.25, 0.3) is 11.4 Å². The van der Waals surface area contributed by atoms with Crippen LogP contribution < -0.4 is 9.46 Å². The van der Waals surface area contributed by atoms with Crippen molar-refractivity contribution in [3.63, 3.8) is 0 Å². The van der Waals surface area contributed by atoms with Crippen molar-refractivity contribution in [1.29, 1.82) is 0 Å². The SMILES string of the molecule is COc1ccc(S(=O)(=O)N[C@@H](C)c2nc(-c3ccc(F)cc3)no2)cc1. The van der Waals surface area contributed by atoms with Gasteiger partial charge in [0.25, 0.3) is 0 Å². The molecule has 1 heterocycles. The summed E-state index contributed by atoms with van der Waals surface area (Å²) in [4.78, 5) is 4.25. The molecule has 0 aliphatic heterocycles. The molecule has 26 heavy (non-hydrogen) atoms. The third-order valence-corrected chi connectivity index (χ3v) is 5.17. The first-order valence-corrected chi connectivity index (χ1v) is 9.13. The number of sulfonamides is 1. The van der Waals surface area contributed by atoms with Crippen molar-refractivity contribution in [3.05, 3.63) is 60.2 Å². The Morgan fingerprint density at radius 3 is 2.38 bits per heavy atom. The van der Waals surface area contributed by atoms with Crippen LogP contribution in [0.1, 0.15) is 18.9 Å². The second kappa shape index (κ2) is 7.22. The van der Waals surface area contributed by atoms with E-state index in [1.807, 2.05) is 0 Å². The van der Waals surface area contributed by atoms with Crippen LogP contribution in [-0.4, -0.2) is 25.7 Å². The number of benzene rings is 2. The Morgan fingerprint density at radius 2 is 1.77 bits per heavy atom. The standard InChI is InChI=1S/C17H16FN3O4S/c1-11(21-26(22,23)15-9-7-14(24-2)8-10-15)17-19-16(20-25-17)12-3-5-13(18)6-4-12/h3-11,21H,1-2H3/t11-/m0/s1. The molecule has 3 rings (SSSR count). The molecule has 3 aromatic rings. The van der Waals surface area contributed by atoms with E-state index in [1.54, 1.807) is 19.1 Å². The van der Waals surface area contributed by atoms with Crippen molar-refractivity contribution in [2.75, 3.05) is 7.11 Å². The van der Waals surface area contributed by atoms with E-state index >= 15 is 0 Å². The summed E-state index contributed by atoms with van der Waals surface area (Å²) in [6.45, 7) is 1.59. The molecule has 0 aliphatic rings. The van der Waals surface area contributed by atoms with Gasteiger partial charge in [0, 0.05) is 5.56 Å². The van der Waals surface area contributed by atoms with Gasteiger partial charge in [0.15, 0.2) is 0 Å². The number of nitrogens with zero attached hydrogens (tertiary/aromatic N) is 2. The van der Waals surface area contributed by atoms with E-state index in [9.17, 15) is 12.8 Å². The van der Waals surface area contributed by atoms with E-state index in [4.69, 9.17) is 9.26 Å². The summed E-state index contributed by atoms with van der Waals surface area (Å²) in [6.07, 6.45) is 0. The molecule has 9 heteroatoms. The van der Waals surface area contributed by atoms with Gasteiger partial charge in [-0.1, -0.05) is 5.16 Å². The second-order valence-corrected chi connectivity index (χ2v) is 7.20. The van der Waals surface area contributed by atoms with Crippen LogP contribution in [0.2, 0.25) is 0 Å². The lowest BCUT2D eigenvalue weighted by atomic mass is 10.2. The minimum atomic E-state index is -3.78. The summed E-state index contributed by atoms with van der Waals surface area (Å²) < 4.78 is 50.5. The summed E-state index contributed by atoms with van der Waals surface area (Å²) in [5.74, 6) is 0.521. The van der Waals surface area contributed by atoms with Crippen LogP contribution in [0, 0.1) is 5.82 Å². The van der Waals surface area contributed by atoms with E-state index in [1.165, 1.54) is 43.5 Å². The Balaban J connectivity index is 1.76. The van der Waals surface area contributed by atoms with Gasteiger partial charge < -0.3 is 9.26 Å². The molecule has 0 amide bonds. The smallest absolute Gasteiger partial charge is 0.244 e. The summed E-state index contributed by atoms with van der Waals surface area (Å²) in [7, 11) is -2.28. The van der Waals surface area contributed by atoms with E-state index in [0.717, 1.165) is 0 Å². The fraction of sp³-hybridized carbons (Fsp3) is 0.176. The molecule has 0 saturated carbocycles. The normalized spacial score (nSPS) is 12.7. The summed E-state index contributed by atoms with van der Waals surface area (Å²) in [6, 6.07) is 10.8. The van der Waals surface area contributed by atoms with Gasteiger partial charge in [-0.05, 0) is 55.5 Å². The fourth-order valence-corrected chi connectivity index (χ4v) is 3.43. The lowest BCUT2D eigenvalue weighted by molar-refractivity contribution is 0.354. The molecule has 0 aliphatic carbocycles. The van der Waals surface area contributed by atoms with Crippen molar-refractivity contribution in [2.45, 2.75) is 17.9 Å². The monoisotopic (exact) mass is 377 g/mol. The average molecular weight is 377 g/mol. The zero-order chi connectivity index (χ0) is 18.7. The zero-order valence-corrected chi connectivity index (χ0v) is 14.8. The fourth-order valence-electron chi connectivity index (χ4n) is 2.23. The van der Waals surface area contributed by atoms with Gasteiger partial charge in [-0.2, -0.15) is 9.71 Å². The van der Waals surface area contributed by atoms with Crippen LogP contribution in [-0.2, 0) is 10.0 Å². The first-order valence-electron chi connectivity index (χ1n) is 7.65. The molecule has 1 aromatic heterocycles. The quantitative estimate of drug-likeness (QED) is 0.710. The molecular weight excluding hydrogens is 361 g/mol. The van der Waals surface area contributed by atoms with Gasteiger partial charge in [-0.15, -0.1) is 0 Å². The van der Waals surface area contributed by atoms with Crippen molar-refractivity contribution in [2.24, 2.45) is 0 Å². The van der Waals surface area contributed by atoms with Crippen LogP contribution in [0.4, 0.5) is 4.39 Å². The Labute approximate surface area is 149 Å². The average Bonchev–Trinajstić information content (AvgIpc) is 3.12. The largest absolute Gasteiger partial charge is 0.497 e. The molecule has 0 bridgehead atoms. The first-order chi connectivity index (χ1) is 12.4. The number of hydrogen-bond acceptors (Lipinski definition) is 6. The second-order valence-electron chi connectivity index (χ2n) is 5.48. The first kappa shape index (κ1) is 18.0. The van der Waals surface area contributed by atoms with Crippen molar-refractivity contribution < 1.29 is 22.1 Å². The zero-order valence-electron chi connectivity index (χ0n) is 14.0. The summed E-state index contributed by atoms with van der Waals surface area (Å²) in [5, 5.41) is 3.80. The number of rotatable bonds is 6. The van der Waals surface area contributed by atoms with Gasteiger partial charge in [-0.25, -0.2) is 12.8 Å². The van der Waals surface area contributed by atoms with Crippen molar-refractivity contribution in [3.8, 4) is 17.1 Å². The van der Waals surface area contributed by atoms with Gasteiger partial charge in [0.1, 0.15) is 11.6 Å². The van der Waals surface area contributed by atoms with E-state index in [2.05, 4.69) is 14.9 Å². The molecule has 7 nitrogen and oxygen atoms in total. The third-order valence-electron chi connectivity index (χ3n) is 3.62. The lowest BCUT2D eigenvalue weighted by Gasteiger charge is -2.11. The number of hydrogen-bond donors (Lipinski definition) is 1. The van der Waals surface area contributed by atoms with Crippen LogP contribution in [0.5, 0.6) is 5.75 Å². The van der Waals surface area contributed by atoms with Gasteiger partial charge in [0.2, 0.25) is 21.7 Å². The molecule has 1 N–H and O–H groups in total. The molecule has 0 spiro atoms. The van der Waals surface area contributed by atoms with Crippen LogP contribution in [0.15, 0.2) is 57.9 Å². The molecule has 136 valence electrons. The van der Waals surface area contributed by atoms with E-state index in [0.29, 0.717) is 11.3 Å². The van der Waals surface area contributed by atoms with Gasteiger partial charge >= 0.3 is 0 Å². The van der Waals surface area contributed by atoms with Gasteiger partial charge in [0.05, 0.1) is 18.0 Å². The Kier molecular flexibility index (Phi) is 5.01. The molecule has 0 saturated heterocycles. The highest BCUT2D eigenvalue weighted by Crippen LogP contribution is 2.21. The maximum Gasteiger partial charge on any atom is 0.244 e. The number of aromatic nitrogens is 2. The highest BCUT2D eigenvalue weighted by molar-refractivity contribution is 7.89. The Morgan fingerprint density at radius 1 is 1.12 bits per heavy atom. The van der Waals surface area contributed by atoms with Crippen molar-refractivity contribution >= 4 is 10.0 Å². The Bertz CT molecular complexity index is 986. The highest BCUT2D eigenvalue weighted by Gasteiger charge is 2.22. The minimum absolute atomic E-state index is 0.0865. The summed E-state index contributed by atoms with van der Waals surface area (Å²) >= 11 is 0. The van der Waals surface area contributed by atoms with E-state index in [-0.39, 0.29) is 22.4 Å². The van der Waals surface area contributed by atoms with E-state index < -0.39 is 16.1 Å². The van der Waals surface area contributed by atoms with Crippen molar-refractivity contribution in [1.82, 2.24) is 14.9 Å². The third kappa shape index (κ3) is 3.89. The number of nitrogens with one attached hydrogen (secondary N) is 1. The number of halogens is 1. The molecule has 1 atom stereocenters. The van der Waals surface area contributed by atoms with Crippen LogP contribution >= 0.6 is 0 Å². The Hall–Kier alpha value is -2.78. The number of ether oxygens (including phenoxy) is 1. The molecule has 2 aromatic carbocycles. The van der Waals surface area contributed by atoms with Crippen LogP contribution in [0.3, 0.4) is 0 Å². The maximum absolute atomic E-state index is 13.0. The summed E-state index contributed by atoms with van der Waals surface area (Å²) in [5.41, 5.74) is 0.562.